The first kappa shape index (κ1) is 24.0. The molecule has 174 valence electrons. The maximum absolute atomic E-state index is 13.3. The minimum atomic E-state index is -1.01. The summed E-state index contributed by atoms with van der Waals surface area (Å²) in [6, 6.07) is 15.0. The molecule has 4 rings (SSSR count). The Bertz CT molecular complexity index is 1400. The van der Waals surface area contributed by atoms with Gasteiger partial charge in [-0.05, 0) is 59.8 Å². The van der Waals surface area contributed by atoms with Crippen molar-refractivity contribution in [2.24, 2.45) is 0 Å². The maximum Gasteiger partial charge on any atom is 0.335 e. The number of hydrogen-bond acceptors (Lipinski definition) is 6. The molecular formula is C24H20ClN3O4S2. The number of carbonyl (C=O) groups excluding carboxylic acids is 1. The largest absolute Gasteiger partial charge is 0.478 e. The highest BCUT2D eigenvalue weighted by Crippen LogP contribution is 2.28. The van der Waals surface area contributed by atoms with Gasteiger partial charge in [-0.15, -0.1) is 11.3 Å². The van der Waals surface area contributed by atoms with Crippen LogP contribution < -0.4 is 10.9 Å². The molecule has 0 spiro atoms. The maximum atomic E-state index is 13.3. The summed E-state index contributed by atoms with van der Waals surface area (Å²) in [6.07, 6.45) is 0.523. The van der Waals surface area contributed by atoms with Crippen LogP contribution in [0.15, 0.2) is 69.9 Å². The van der Waals surface area contributed by atoms with E-state index in [-0.39, 0.29) is 23.6 Å². The van der Waals surface area contributed by atoms with Gasteiger partial charge in [-0.25, -0.2) is 9.78 Å². The number of carboxylic acids is 1. The number of amides is 1. The van der Waals surface area contributed by atoms with E-state index in [0.717, 1.165) is 5.56 Å². The van der Waals surface area contributed by atoms with E-state index in [4.69, 9.17) is 16.7 Å². The van der Waals surface area contributed by atoms with Gasteiger partial charge < -0.3 is 10.4 Å². The fourth-order valence-electron chi connectivity index (χ4n) is 3.29. The summed E-state index contributed by atoms with van der Waals surface area (Å²) in [5.41, 5.74) is 1.94. The van der Waals surface area contributed by atoms with Crippen molar-refractivity contribution < 1.29 is 14.7 Å². The molecule has 10 heteroatoms. The van der Waals surface area contributed by atoms with Crippen LogP contribution >= 0.6 is 34.7 Å². The first-order valence-corrected chi connectivity index (χ1v) is 12.5. The van der Waals surface area contributed by atoms with Crippen LogP contribution in [0.3, 0.4) is 0 Å². The smallest absolute Gasteiger partial charge is 0.335 e. The summed E-state index contributed by atoms with van der Waals surface area (Å²) in [6.45, 7) is 2.10. The molecule has 0 unspecified atom stereocenters. The predicted octanol–water partition coefficient (Wildman–Crippen LogP) is 5.37. The highest BCUT2D eigenvalue weighted by atomic mass is 35.5. The van der Waals surface area contributed by atoms with Crippen LogP contribution in [0.25, 0.3) is 10.2 Å². The number of aromatic carboxylic acids is 1. The Kier molecular flexibility index (Phi) is 7.35. The number of thioether (sulfide) groups is 1. The molecule has 1 amide bonds. The fraction of sp³-hybridized carbons (Fsp3) is 0.167. The number of aromatic nitrogens is 2. The average Bonchev–Trinajstić information content (AvgIpc) is 3.30. The van der Waals surface area contributed by atoms with E-state index in [1.54, 1.807) is 42.5 Å². The number of anilines is 1. The van der Waals surface area contributed by atoms with Gasteiger partial charge in [-0.2, -0.15) is 0 Å². The topological polar surface area (TPSA) is 101 Å². The number of fused-ring (bicyclic) bond motifs is 1. The van der Waals surface area contributed by atoms with Crippen LogP contribution in [0.2, 0.25) is 5.02 Å². The first-order valence-electron chi connectivity index (χ1n) is 10.4. The number of nitrogens with zero attached hydrogens (tertiary/aromatic N) is 2. The van der Waals surface area contributed by atoms with Crippen LogP contribution in [0.4, 0.5) is 5.69 Å². The second-order valence-electron chi connectivity index (χ2n) is 7.43. The lowest BCUT2D eigenvalue weighted by Gasteiger charge is -2.18. The lowest BCUT2D eigenvalue weighted by atomic mass is 10.1. The minimum Gasteiger partial charge on any atom is -0.478 e. The van der Waals surface area contributed by atoms with Crippen LogP contribution in [0.5, 0.6) is 0 Å². The third kappa shape index (κ3) is 5.32. The molecule has 0 radical (unpaired) electrons. The summed E-state index contributed by atoms with van der Waals surface area (Å²) in [5.74, 6) is -1.22. The molecule has 0 saturated carbocycles. The van der Waals surface area contributed by atoms with Gasteiger partial charge in [0.15, 0.2) is 5.16 Å². The molecule has 0 aliphatic heterocycles. The zero-order valence-corrected chi connectivity index (χ0v) is 20.4. The SMILES string of the molecule is CC[C@@H](Sc1nc2ccsc2c(=O)n1Cc1ccc(C(=O)O)cc1)C(=O)Nc1ccc(Cl)cc1. The predicted molar refractivity (Wildman–Crippen MR) is 136 cm³/mol. The zero-order chi connectivity index (χ0) is 24.2. The van der Waals surface area contributed by atoms with Crippen LogP contribution in [0, 0.1) is 0 Å². The van der Waals surface area contributed by atoms with Crippen LogP contribution in [-0.4, -0.2) is 31.8 Å². The van der Waals surface area contributed by atoms with Gasteiger partial charge in [0.25, 0.3) is 5.56 Å². The number of halogens is 1. The Morgan fingerprint density at radius 3 is 2.50 bits per heavy atom. The van der Waals surface area contributed by atoms with Crippen molar-refractivity contribution in [3.8, 4) is 0 Å². The number of benzene rings is 2. The average molecular weight is 514 g/mol. The summed E-state index contributed by atoms with van der Waals surface area (Å²) >= 11 is 8.47. The molecular weight excluding hydrogens is 494 g/mol. The summed E-state index contributed by atoms with van der Waals surface area (Å²) in [5, 5.41) is 14.3. The van der Waals surface area contributed by atoms with Crippen LogP contribution in [-0.2, 0) is 11.3 Å². The third-order valence-electron chi connectivity index (χ3n) is 5.10. The van der Waals surface area contributed by atoms with Gasteiger partial charge in [-0.3, -0.25) is 14.2 Å². The Morgan fingerprint density at radius 2 is 1.85 bits per heavy atom. The first-order chi connectivity index (χ1) is 16.4. The molecule has 2 heterocycles. The Balaban J connectivity index is 1.64. The van der Waals surface area contributed by atoms with E-state index < -0.39 is 11.2 Å². The molecule has 0 saturated heterocycles. The normalized spacial score (nSPS) is 11.9. The van der Waals surface area contributed by atoms with E-state index in [1.807, 2.05) is 12.3 Å². The summed E-state index contributed by atoms with van der Waals surface area (Å²) < 4.78 is 2.07. The Morgan fingerprint density at radius 1 is 1.15 bits per heavy atom. The molecule has 2 aromatic carbocycles. The number of carbonyl (C=O) groups is 2. The number of thiophene rings is 1. The quantitative estimate of drug-likeness (QED) is 0.243. The van der Waals surface area contributed by atoms with Gasteiger partial charge in [0.05, 0.1) is 22.9 Å². The molecule has 0 aliphatic carbocycles. The molecule has 34 heavy (non-hydrogen) atoms. The second-order valence-corrected chi connectivity index (χ2v) is 9.96. The molecule has 0 fully saturated rings. The number of hydrogen-bond donors (Lipinski definition) is 2. The van der Waals surface area contributed by atoms with Crippen LogP contribution in [0.1, 0.15) is 29.3 Å². The lowest BCUT2D eigenvalue weighted by Crippen LogP contribution is -2.28. The molecule has 7 nitrogen and oxygen atoms in total. The summed E-state index contributed by atoms with van der Waals surface area (Å²) in [4.78, 5) is 42.1. The lowest BCUT2D eigenvalue weighted by molar-refractivity contribution is -0.115. The zero-order valence-electron chi connectivity index (χ0n) is 18.0. The van der Waals surface area contributed by atoms with Gasteiger partial charge >= 0.3 is 5.97 Å². The number of nitrogens with one attached hydrogen (secondary N) is 1. The molecule has 2 aromatic heterocycles. The standard InChI is InChI=1S/C24H20ClN3O4S2/c1-2-19(21(29)26-17-9-7-16(25)8-10-17)34-24-27-18-11-12-33-20(18)22(30)28(24)13-14-3-5-15(6-4-14)23(31)32/h3-12,19H,2,13H2,1H3,(H,26,29)(H,31,32)/t19-/m1/s1. The van der Waals surface area contributed by atoms with Crippen molar-refractivity contribution in [2.75, 3.05) is 5.32 Å². The van der Waals surface area contributed by atoms with Crippen molar-refractivity contribution in [3.63, 3.8) is 0 Å². The van der Waals surface area contributed by atoms with E-state index in [1.165, 1.54) is 39.8 Å². The summed E-state index contributed by atoms with van der Waals surface area (Å²) in [7, 11) is 0. The number of rotatable bonds is 8. The molecule has 0 aliphatic rings. The van der Waals surface area contributed by atoms with Crippen molar-refractivity contribution in [2.45, 2.75) is 30.3 Å². The third-order valence-corrected chi connectivity index (χ3v) is 7.59. The second kappa shape index (κ2) is 10.4. The van der Waals surface area contributed by atoms with E-state index >= 15 is 0 Å². The van der Waals surface area contributed by atoms with Crippen molar-refractivity contribution >= 4 is 62.5 Å². The van der Waals surface area contributed by atoms with Gasteiger partial charge in [0.2, 0.25) is 5.91 Å². The van der Waals surface area contributed by atoms with E-state index in [2.05, 4.69) is 10.3 Å². The monoisotopic (exact) mass is 513 g/mol. The van der Waals surface area contributed by atoms with E-state index in [0.29, 0.717) is 32.5 Å². The molecule has 4 aromatic rings. The molecule has 2 N–H and O–H groups in total. The molecule has 0 bridgehead atoms. The highest BCUT2D eigenvalue weighted by molar-refractivity contribution is 8.00. The Labute approximate surface area is 208 Å². The van der Waals surface area contributed by atoms with Gasteiger partial charge in [0.1, 0.15) is 4.70 Å². The van der Waals surface area contributed by atoms with Crippen molar-refractivity contribution in [1.29, 1.82) is 0 Å². The minimum absolute atomic E-state index is 0.169. The Hall–Kier alpha value is -3.14. The van der Waals surface area contributed by atoms with Gasteiger partial charge in [0, 0.05) is 10.7 Å². The highest BCUT2D eigenvalue weighted by Gasteiger charge is 2.23. The van der Waals surface area contributed by atoms with Gasteiger partial charge in [-0.1, -0.05) is 42.4 Å². The number of carboxylic acid groups (broad SMARTS) is 1. The van der Waals surface area contributed by atoms with Crippen molar-refractivity contribution in [1.82, 2.24) is 9.55 Å². The fourth-order valence-corrected chi connectivity index (χ4v) is 5.21. The molecule has 1 atom stereocenters. The van der Waals surface area contributed by atoms with Crippen molar-refractivity contribution in [3.05, 3.63) is 86.5 Å². The van der Waals surface area contributed by atoms with E-state index in [9.17, 15) is 14.4 Å².